The van der Waals surface area contributed by atoms with Gasteiger partial charge in [-0.1, -0.05) is 6.42 Å². The third kappa shape index (κ3) is 4.17. The first-order valence-electron chi connectivity index (χ1n) is 5.34. The van der Waals surface area contributed by atoms with Gasteiger partial charge >= 0.3 is 0 Å². The highest BCUT2D eigenvalue weighted by atomic mass is 32.2. The van der Waals surface area contributed by atoms with Crippen LogP contribution in [0.15, 0.2) is 0 Å². The summed E-state index contributed by atoms with van der Waals surface area (Å²) < 4.78 is 0. The first-order chi connectivity index (χ1) is 6.76. The first-order valence-corrected chi connectivity index (χ1v) is 6.39. The monoisotopic (exact) mass is 219 g/mol. The van der Waals surface area contributed by atoms with Crippen molar-refractivity contribution in [2.45, 2.75) is 43.1 Å². The van der Waals surface area contributed by atoms with Crippen LogP contribution in [0, 0.1) is 0 Å². The van der Waals surface area contributed by atoms with E-state index in [1.54, 1.807) is 11.8 Å². The van der Waals surface area contributed by atoms with Crippen LogP contribution in [-0.2, 0) is 0 Å². The van der Waals surface area contributed by atoms with E-state index in [9.17, 15) is 5.11 Å². The summed E-state index contributed by atoms with van der Waals surface area (Å²) in [5, 5.41) is 21.9. The predicted molar refractivity (Wildman–Crippen MR) is 60.7 cm³/mol. The van der Waals surface area contributed by atoms with Crippen molar-refractivity contribution in [3.63, 3.8) is 0 Å². The molecule has 0 aromatic rings. The number of aliphatic hydroxyl groups is 2. The van der Waals surface area contributed by atoms with Crippen molar-refractivity contribution >= 4 is 11.8 Å². The van der Waals surface area contributed by atoms with Crippen LogP contribution in [0.3, 0.4) is 0 Å². The average molecular weight is 219 g/mol. The molecule has 0 amide bonds. The van der Waals surface area contributed by atoms with Gasteiger partial charge in [0.05, 0.1) is 12.7 Å². The summed E-state index contributed by atoms with van der Waals surface area (Å²) >= 11 is 1.80. The van der Waals surface area contributed by atoms with Crippen molar-refractivity contribution in [3.8, 4) is 0 Å². The third-order valence-electron chi connectivity index (χ3n) is 2.77. The van der Waals surface area contributed by atoms with Gasteiger partial charge in [-0.3, -0.25) is 0 Å². The Balaban J connectivity index is 2.17. The summed E-state index contributed by atoms with van der Waals surface area (Å²) in [6.07, 6.45) is 4.45. The summed E-state index contributed by atoms with van der Waals surface area (Å²) in [5.74, 6) is 0.664. The highest BCUT2D eigenvalue weighted by Gasteiger charge is 2.21. The van der Waals surface area contributed by atoms with Crippen LogP contribution in [0.5, 0.6) is 0 Å². The quantitative estimate of drug-likeness (QED) is 0.634. The standard InChI is InChI=1S/C10H21NO2S/c1-11-8-3-2-4-10(5-8)14-7-9(13)6-12/h8-13H,2-7H2,1H3. The zero-order chi connectivity index (χ0) is 10.4. The lowest BCUT2D eigenvalue weighted by atomic mass is 9.95. The summed E-state index contributed by atoms with van der Waals surface area (Å²) in [6, 6.07) is 0.646. The molecule has 1 rings (SSSR count). The summed E-state index contributed by atoms with van der Waals surface area (Å²) in [5.41, 5.74) is 0. The van der Waals surface area contributed by atoms with Crippen molar-refractivity contribution in [1.82, 2.24) is 5.32 Å². The summed E-state index contributed by atoms with van der Waals surface area (Å²) in [6.45, 7) is -0.116. The van der Waals surface area contributed by atoms with Crippen LogP contribution in [0.1, 0.15) is 25.7 Å². The van der Waals surface area contributed by atoms with Gasteiger partial charge in [-0.25, -0.2) is 0 Å². The minimum Gasteiger partial charge on any atom is -0.394 e. The van der Waals surface area contributed by atoms with Crippen LogP contribution in [-0.4, -0.2) is 47.0 Å². The SMILES string of the molecule is CNC1CCCC(SCC(O)CO)C1. The Labute approximate surface area is 90.3 Å². The van der Waals surface area contributed by atoms with Crippen LogP contribution in [0.2, 0.25) is 0 Å². The molecule has 0 heterocycles. The van der Waals surface area contributed by atoms with E-state index < -0.39 is 6.10 Å². The van der Waals surface area contributed by atoms with Gasteiger partial charge < -0.3 is 15.5 Å². The van der Waals surface area contributed by atoms with E-state index in [1.165, 1.54) is 25.7 Å². The van der Waals surface area contributed by atoms with Gasteiger partial charge in [0.25, 0.3) is 0 Å². The lowest BCUT2D eigenvalue weighted by Crippen LogP contribution is -2.33. The molecule has 3 unspecified atom stereocenters. The molecule has 1 fully saturated rings. The second kappa shape index (κ2) is 6.67. The molecule has 3 atom stereocenters. The van der Waals surface area contributed by atoms with Gasteiger partial charge in [0.2, 0.25) is 0 Å². The van der Waals surface area contributed by atoms with Gasteiger partial charge in [-0.05, 0) is 26.3 Å². The van der Waals surface area contributed by atoms with E-state index in [2.05, 4.69) is 5.32 Å². The number of hydrogen-bond donors (Lipinski definition) is 3. The molecule has 0 aromatic carbocycles. The van der Waals surface area contributed by atoms with E-state index in [1.807, 2.05) is 7.05 Å². The van der Waals surface area contributed by atoms with Gasteiger partial charge in [0, 0.05) is 17.0 Å². The van der Waals surface area contributed by atoms with E-state index in [-0.39, 0.29) is 6.61 Å². The molecule has 0 spiro atoms. The van der Waals surface area contributed by atoms with Crippen LogP contribution in [0.25, 0.3) is 0 Å². The van der Waals surface area contributed by atoms with Crippen molar-refractivity contribution in [1.29, 1.82) is 0 Å². The second-order valence-corrected chi connectivity index (χ2v) is 5.28. The van der Waals surface area contributed by atoms with Crippen molar-refractivity contribution < 1.29 is 10.2 Å². The number of nitrogens with one attached hydrogen (secondary N) is 1. The Morgan fingerprint density at radius 2 is 2.29 bits per heavy atom. The Bertz CT molecular complexity index is 157. The highest BCUT2D eigenvalue weighted by Crippen LogP contribution is 2.28. The molecule has 4 heteroatoms. The van der Waals surface area contributed by atoms with Crippen molar-refractivity contribution in [2.24, 2.45) is 0 Å². The molecule has 0 radical (unpaired) electrons. The minimum absolute atomic E-state index is 0.116. The highest BCUT2D eigenvalue weighted by molar-refractivity contribution is 7.99. The maximum absolute atomic E-state index is 9.23. The molecule has 0 saturated heterocycles. The first kappa shape index (κ1) is 12.3. The van der Waals surface area contributed by atoms with Crippen molar-refractivity contribution in [3.05, 3.63) is 0 Å². The topological polar surface area (TPSA) is 52.5 Å². The molecular formula is C10H21NO2S. The zero-order valence-corrected chi connectivity index (χ0v) is 9.59. The maximum atomic E-state index is 9.23. The smallest absolute Gasteiger partial charge is 0.0861 e. The summed E-state index contributed by atoms with van der Waals surface area (Å²) in [4.78, 5) is 0. The number of hydrogen-bond acceptors (Lipinski definition) is 4. The average Bonchev–Trinajstić information content (AvgIpc) is 2.26. The number of rotatable bonds is 5. The fourth-order valence-electron chi connectivity index (χ4n) is 1.86. The summed E-state index contributed by atoms with van der Waals surface area (Å²) in [7, 11) is 2.01. The van der Waals surface area contributed by atoms with Gasteiger partial charge in [-0.2, -0.15) is 11.8 Å². The Morgan fingerprint density at radius 3 is 2.93 bits per heavy atom. The number of thioether (sulfide) groups is 1. The molecule has 1 aliphatic carbocycles. The second-order valence-electron chi connectivity index (χ2n) is 3.94. The van der Waals surface area contributed by atoms with E-state index >= 15 is 0 Å². The molecule has 1 aliphatic rings. The molecular weight excluding hydrogens is 198 g/mol. The van der Waals surface area contributed by atoms with Crippen LogP contribution >= 0.6 is 11.8 Å². The Hall–Kier alpha value is 0.230. The molecule has 84 valence electrons. The molecule has 3 N–H and O–H groups in total. The fraction of sp³-hybridized carbons (Fsp3) is 1.00. The third-order valence-corrected chi connectivity index (χ3v) is 4.25. The van der Waals surface area contributed by atoms with E-state index in [0.717, 1.165) is 0 Å². The molecule has 0 aromatic heterocycles. The van der Waals surface area contributed by atoms with E-state index in [4.69, 9.17) is 5.11 Å². The number of aliphatic hydroxyl groups excluding tert-OH is 2. The normalized spacial score (nSPS) is 30.2. The Morgan fingerprint density at radius 1 is 1.50 bits per heavy atom. The van der Waals surface area contributed by atoms with Crippen LogP contribution in [0.4, 0.5) is 0 Å². The van der Waals surface area contributed by atoms with Crippen molar-refractivity contribution in [2.75, 3.05) is 19.4 Å². The van der Waals surface area contributed by atoms with E-state index in [0.29, 0.717) is 17.0 Å². The van der Waals surface area contributed by atoms with Crippen LogP contribution < -0.4 is 5.32 Å². The van der Waals surface area contributed by atoms with Gasteiger partial charge in [-0.15, -0.1) is 0 Å². The van der Waals surface area contributed by atoms with Gasteiger partial charge in [0.1, 0.15) is 0 Å². The maximum Gasteiger partial charge on any atom is 0.0861 e. The lowest BCUT2D eigenvalue weighted by Gasteiger charge is -2.28. The fourth-order valence-corrected chi connectivity index (χ4v) is 3.16. The largest absolute Gasteiger partial charge is 0.394 e. The molecule has 14 heavy (non-hydrogen) atoms. The molecule has 0 bridgehead atoms. The lowest BCUT2D eigenvalue weighted by molar-refractivity contribution is 0.113. The van der Waals surface area contributed by atoms with Gasteiger partial charge in [0.15, 0.2) is 0 Å². The molecule has 1 saturated carbocycles. The zero-order valence-electron chi connectivity index (χ0n) is 8.78. The molecule has 3 nitrogen and oxygen atoms in total. The molecule has 0 aliphatic heterocycles. The Kier molecular flexibility index (Phi) is 5.86. The minimum atomic E-state index is -0.546. The predicted octanol–water partition coefficient (Wildman–Crippen LogP) is 0.603.